The Morgan fingerprint density at radius 1 is 1.08 bits per heavy atom. The van der Waals surface area contributed by atoms with Gasteiger partial charge < -0.3 is 20.4 Å². The van der Waals surface area contributed by atoms with Crippen molar-refractivity contribution in [1.29, 1.82) is 0 Å². The fourth-order valence-corrected chi connectivity index (χ4v) is 2.56. The fraction of sp³-hybridized carbons (Fsp3) is 0.158. The predicted molar refractivity (Wildman–Crippen MR) is 96.9 cm³/mol. The SMILES string of the molecule is CCOc1ccccc1NC(=O)CNC(=O)c1c[nH]c2ccccc12. The number of hydrogen-bond donors (Lipinski definition) is 3. The summed E-state index contributed by atoms with van der Waals surface area (Å²) in [6.07, 6.45) is 1.64. The number of carbonyl (C=O) groups is 2. The fourth-order valence-electron chi connectivity index (χ4n) is 2.56. The van der Waals surface area contributed by atoms with E-state index >= 15 is 0 Å². The minimum absolute atomic E-state index is 0.126. The molecule has 3 rings (SSSR count). The Morgan fingerprint density at radius 2 is 1.84 bits per heavy atom. The number of H-pyrrole nitrogens is 1. The van der Waals surface area contributed by atoms with Gasteiger partial charge in [0, 0.05) is 17.1 Å². The number of carbonyl (C=O) groups excluding carboxylic acids is 2. The Bertz CT molecular complexity index is 902. The van der Waals surface area contributed by atoms with Gasteiger partial charge in [0.2, 0.25) is 5.91 Å². The summed E-state index contributed by atoms with van der Waals surface area (Å²) in [4.78, 5) is 27.5. The Morgan fingerprint density at radius 3 is 2.68 bits per heavy atom. The quantitative estimate of drug-likeness (QED) is 0.647. The van der Waals surface area contributed by atoms with E-state index in [9.17, 15) is 9.59 Å². The summed E-state index contributed by atoms with van der Waals surface area (Å²) in [5, 5.41) is 6.20. The first-order valence-electron chi connectivity index (χ1n) is 8.05. The number of amides is 2. The van der Waals surface area contributed by atoms with E-state index in [1.54, 1.807) is 18.3 Å². The third-order valence-electron chi connectivity index (χ3n) is 3.70. The molecule has 0 aliphatic heterocycles. The number of aromatic nitrogens is 1. The first-order chi connectivity index (χ1) is 12.2. The maximum atomic E-state index is 12.3. The number of aromatic amines is 1. The Balaban J connectivity index is 1.62. The van der Waals surface area contributed by atoms with Crippen LogP contribution in [0.4, 0.5) is 5.69 Å². The van der Waals surface area contributed by atoms with E-state index in [4.69, 9.17) is 4.74 Å². The Labute approximate surface area is 145 Å². The standard InChI is InChI=1S/C19H19N3O3/c1-2-25-17-10-6-5-9-16(17)22-18(23)12-21-19(24)14-11-20-15-8-4-3-7-13(14)15/h3-11,20H,2,12H2,1H3,(H,21,24)(H,22,23). The molecule has 0 radical (unpaired) electrons. The minimum Gasteiger partial charge on any atom is -0.492 e. The zero-order chi connectivity index (χ0) is 17.6. The highest BCUT2D eigenvalue weighted by Crippen LogP contribution is 2.23. The molecule has 3 N–H and O–H groups in total. The molecule has 6 heteroatoms. The molecule has 128 valence electrons. The molecule has 0 spiro atoms. The molecule has 2 aromatic carbocycles. The molecule has 6 nitrogen and oxygen atoms in total. The van der Waals surface area contributed by atoms with E-state index in [0.29, 0.717) is 23.6 Å². The maximum Gasteiger partial charge on any atom is 0.253 e. The van der Waals surface area contributed by atoms with Crippen LogP contribution in [0.3, 0.4) is 0 Å². The van der Waals surface area contributed by atoms with E-state index in [0.717, 1.165) is 10.9 Å². The van der Waals surface area contributed by atoms with E-state index in [1.165, 1.54) is 0 Å². The summed E-state index contributed by atoms with van der Waals surface area (Å²) in [6, 6.07) is 14.7. The number of rotatable bonds is 6. The van der Waals surface area contributed by atoms with E-state index < -0.39 is 0 Å². The van der Waals surface area contributed by atoms with Gasteiger partial charge in [-0.1, -0.05) is 30.3 Å². The van der Waals surface area contributed by atoms with Gasteiger partial charge in [0.15, 0.2) is 0 Å². The van der Waals surface area contributed by atoms with Crippen molar-refractivity contribution >= 4 is 28.4 Å². The molecule has 3 aromatic rings. The van der Waals surface area contributed by atoms with Crippen LogP contribution in [0.2, 0.25) is 0 Å². The molecule has 2 amide bonds. The molecule has 0 bridgehead atoms. The number of benzene rings is 2. The van der Waals surface area contributed by atoms with Gasteiger partial charge in [0.05, 0.1) is 24.4 Å². The highest BCUT2D eigenvalue weighted by molar-refractivity contribution is 6.08. The second-order valence-electron chi connectivity index (χ2n) is 5.41. The molecule has 0 atom stereocenters. The predicted octanol–water partition coefficient (Wildman–Crippen LogP) is 2.94. The number of hydrogen-bond acceptors (Lipinski definition) is 3. The van der Waals surface area contributed by atoms with Crippen LogP contribution in [0.25, 0.3) is 10.9 Å². The third kappa shape index (κ3) is 3.80. The average Bonchev–Trinajstić information content (AvgIpc) is 3.06. The van der Waals surface area contributed by atoms with Crippen molar-refractivity contribution in [2.45, 2.75) is 6.92 Å². The lowest BCUT2D eigenvalue weighted by Gasteiger charge is -2.11. The summed E-state index contributed by atoms with van der Waals surface area (Å²) in [5.74, 6) is -0.0210. The smallest absolute Gasteiger partial charge is 0.253 e. The van der Waals surface area contributed by atoms with Crippen LogP contribution in [0.15, 0.2) is 54.7 Å². The summed E-state index contributed by atoms with van der Waals surface area (Å²) in [6.45, 7) is 2.25. The second-order valence-corrected chi connectivity index (χ2v) is 5.41. The number of ether oxygens (including phenoxy) is 1. The van der Waals surface area contributed by atoms with Crippen LogP contribution in [0, 0.1) is 0 Å². The van der Waals surface area contributed by atoms with E-state index in [1.807, 2.05) is 43.3 Å². The molecule has 0 unspecified atom stereocenters. The number of para-hydroxylation sites is 3. The summed E-state index contributed by atoms with van der Waals surface area (Å²) < 4.78 is 5.46. The van der Waals surface area contributed by atoms with E-state index in [2.05, 4.69) is 15.6 Å². The molecule has 1 heterocycles. The molecule has 0 saturated carbocycles. The Hall–Kier alpha value is -3.28. The van der Waals surface area contributed by atoms with Gasteiger partial charge >= 0.3 is 0 Å². The highest BCUT2D eigenvalue weighted by Gasteiger charge is 2.13. The van der Waals surface area contributed by atoms with Gasteiger partial charge in [0.1, 0.15) is 5.75 Å². The van der Waals surface area contributed by atoms with Crippen LogP contribution in [0.1, 0.15) is 17.3 Å². The molecule has 0 aliphatic carbocycles. The van der Waals surface area contributed by atoms with Gasteiger partial charge in [-0.3, -0.25) is 9.59 Å². The largest absolute Gasteiger partial charge is 0.492 e. The van der Waals surface area contributed by atoms with Crippen molar-refractivity contribution in [2.75, 3.05) is 18.5 Å². The van der Waals surface area contributed by atoms with Crippen molar-refractivity contribution in [3.63, 3.8) is 0 Å². The van der Waals surface area contributed by atoms with Gasteiger partial charge in [-0.25, -0.2) is 0 Å². The van der Waals surface area contributed by atoms with Crippen LogP contribution >= 0.6 is 0 Å². The van der Waals surface area contributed by atoms with Gasteiger partial charge in [0.25, 0.3) is 5.91 Å². The summed E-state index contributed by atoms with van der Waals surface area (Å²) >= 11 is 0. The summed E-state index contributed by atoms with van der Waals surface area (Å²) in [5.41, 5.74) is 1.97. The van der Waals surface area contributed by atoms with Crippen molar-refractivity contribution in [3.05, 3.63) is 60.3 Å². The normalized spacial score (nSPS) is 10.4. The molecule has 0 aliphatic rings. The monoisotopic (exact) mass is 337 g/mol. The molecular formula is C19H19N3O3. The first kappa shape index (κ1) is 16.6. The van der Waals surface area contributed by atoms with Crippen LogP contribution < -0.4 is 15.4 Å². The van der Waals surface area contributed by atoms with Crippen molar-refractivity contribution in [2.24, 2.45) is 0 Å². The maximum absolute atomic E-state index is 12.3. The topological polar surface area (TPSA) is 83.2 Å². The Kier molecular flexibility index (Phi) is 4.99. The lowest BCUT2D eigenvalue weighted by molar-refractivity contribution is -0.115. The number of fused-ring (bicyclic) bond motifs is 1. The first-order valence-corrected chi connectivity index (χ1v) is 8.05. The van der Waals surface area contributed by atoms with E-state index in [-0.39, 0.29) is 18.4 Å². The molecular weight excluding hydrogens is 318 g/mol. The summed E-state index contributed by atoms with van der Waals surface area (Å²) in [7, 11) is 0. The third-order valence-corrected chi connectivity index (χ3v) is 3.70. The van der Waals surface area contributed by atoms with Crippen LogP contribution in [0.5, 0.6) is 5.75 Å². The molecule has 0 saturated heterocycles. The van der Waals surface area contributed by atoms with Crippen molar-refractivity contribution in [3.8, 4) is 5.75 Å². The minimum atomic E-state index is -0.319. The second kappa shape index (κ2) is 7.53. The van der Waals surface area contributed by atoms with Gasteiger partial charge in [-0.2, -0.15) is 0 Å². The van der Waals surface area contributed by atoms with Crippen LogP contribution in [-0.2, 0) is 4.79 Å². The van der Waals surface area contributed by atoms with Gasteiger partial charge in [-0.15, -0.1) is 0 Å². The molecule has 25 heavy (non-hydrogen) atoms. The molecule has 0 fully saturated rings. The highest BCUT2D eigenvalue weighted by atomic mass is 16.5. The van der Waals surface area contributed by atoms with Crippen molar-refractivity contribution < 1.29 is 14.3 Å². The lowest BCUT2D eigenvalue weighted by Crippen LogP contribution is -2.32. The average molecular weight is 337 g/mol. The van der Waals surface area contributed by atoms with Crippen LogP contribution in [-0.4, -0.2) is 29.9 Å². The zero-order valence-electron chi connectivity index (χ0n) is 13.8. The molecule has 1 aromatic heterocycles. The zero-order valence-corrected chi connectivity index (χ0v) is 13.8. The van der Waals surface area contributed by atoms with Crippen molar-refractivity contribution in [1.82, 2.24) is 10.3 Å². The number of anilines is 1. The van der Waals surface area contributed by atoms with Gasteiger partial charge in [-0.05, 0) is 25.1 Å². The lowest BCUT2D eigenvalue weighted by atomic mass is 10.1. The number of nitrogens with one attached hydrogen (secondary N) is 3.